The lowest BCUT2D eigenvalue weighted by molar-refractivity contribution is -0.120. The van der Waals surface area contributed by atoms with Gasteiger partial charge in [0.2, 0.25) is 0 Å². The van der Waals surface area contributed by atoms with E-state index in [1.165, 1.54) is 3.97 Å². The molecule has 1 aliphatic rings. The Balaban J connectivity index is 1.72. The van der Waals surface area contributed by atoms with Crippen LogP contribution >= 0.6 is 0 Å². The molecule has 5 rings (SSSR count). The second-order valence-corrected chi connectivity index (χ2v) is 10.2. The lowest BCUT2D eigenvalue weighted by atomic mass is 9.84. The lowest BCUT2D eigenvalue weighted by Gasteiger charge is -2.21. The minimum atomic E-state index is -3.82. The number of Topliss-reactive ketones (excluding diaryl/α,β-unsaturated/α-hetero) is 1. The minimum Gasteiger partial charge on any atom is -0.300 e. The third-order valence-electron chi connectivity index (χ3n) is 6.47. The first-order valence-corrected chi connectivity index (χ1v) is 12.1. The molecule has 3 aromatic heterocycles. The molecule has 1 fully saturated rings. The van der Waals surface area contributed by atoms with Crippen LogP contribution in [0.3, 0.4) is 0 Å². The lowest BCUT2D eigenvalue weighted by Crippen LogP contribution is -2.13. The summed E-state index contributed by atoms with van der Waals surface area (Å²) in [6, 6.07) is 10.4. The van der Waals surface area contributed by atoms with E-state index in [2.05, 4.69) is 10.1 Å². The standard InChI is InChI=1S/C24H24N4O3S/c1-16-22(14-26-27(16)2)23-15-28(32(30,31)20-6-4-3-5-7-20)24-21(23)12-18(13-25-24)17-8-10-19(29)11-9-17/h3-7,12-15,17H,8-11H2,1-2H3. The van der Waals surface area contributed by atoms with Crippen molar-refractivity contribution in [3.8, 4) is 11.1 Å². The van der Waals surface area contributed by atoms with Gasteiger partial charge in [-0.2, -0.15) is 5.10 Å². The highest BCUT2D eigenvalue weighted by Crippen LogP contribution is 2.37. The van der Waals surface area contributed by atoms with Gasteiger partial charge in [0.25, 0.3) is 10.0 Å². The molecular formula is C24H24N4O3S. The van der Waals surface area contributed by atoms with Crippen LogP contribution in [-0.2, 0) is 21.9 Å². The summed E-state index contributed by atoms with van der Waals surface area (Å²) in [6.45, 7) is 1.96. The number of aryl methyl sites for hydroxylation is 1. The molecule has 0 aliphatic heterocycles. The Hall–Kier alpha value is -3.26. The van der Waals surface area contributed by atoms with Gasteiger partial charge in [0.1, 0.15) is 5.78 Å². The molecule has 164 valence electrons. The fourth-order valence-electron chi connectivity index (χ4n) is 4.46. The van der Waals surface area contributed by atoms with Crippen LogP contribution in [0.25, 0.3) is 22.2 Å². The first-order valence-electron chi connectivity index (χ1n) is 10.7. The van der Waals surface area contributed by atoms with Crippen LogP contribution in [0.2, 0.25) is 0 Å². The van der Waals surface area contributed by atoms with Crippen molar-refractivity contribution in [2.24, 2.45) is 7.05 Å². The Morgan fingerprint density at radius 2 is 1.75 bits per heavy atom. The van der Waals surface area contributed by atoms with Crippen molar-refractivity contribution in [1.82, 2.24) is 18.7 Å². The van der Waals surface area contributed by atoms with Crippen LogP contribution in [0.4, 0.5) is 0 Å². The summed E-state index contributed by atoms with van der Waals surface area (Å²) >= 11 is 0. The highest BCUT2D eigenvalue weighted by atomic mass is 32.2. The smallest absolute Gasteiger partial charge is 0.269 e. The molecule has 1 saturated carbocycles. The van der Waals surface area contributed by atoms with Gasteiger partial charge in [-0.1, -0.05) is 18.2 Å². The molecule has 0 radical (unpaired) electrons. The molecule has 1 aromatic carbocycles. The summed E-state index contributed by atoms with van der Waals surface area (Å²) in [5.41, 5.74) is 4.03. The maximum absolute atomic E-state index is 13.5. The number of nitrogens with zero attached hydrogens (tertiary/aromatic N) is 4. The number of benzene rings is 1. The number of hydrogen-bond donors (Lipinski definition) is 0. The maximum Gasteiger partial charge on any atom is 0.269 e. The van der Waals surface area contributed by atoms with Crippen molar-refractivity contribution in [2.75, 3.05) is 0 Å². The van der Waals surface area contributed by atoms with Crippen LogP contribution in [0.1, 0.15) is 42.9 Å². The van der Waals surface area contributed by atoms with Crippen molar-refractivity contribution in [3.05, 3.63) is 66.2 Å². The van der Waals surface area contributed by atoms with E-state index in [-0.39, 0.29) is 10.8 Å². The van der Waals surface area contributed by atoms with Gasteiger partial charge in [0.15, 0.2) is 5.65 Å². The van der Waals surface area contributed by atoms with Crippen LogP contribution in [0.15, 0.2) is 59.9 Å². The number of pyridine rings is 1. The Bertz CT molecular complexity index is 1420. The molecule has 0 N–H and O–H groups in total. The minimum absolute atomic E-state index is 0.211. The molecule has 0 bridgehead atoms. The molecule has 0 spiro atoms. The molecule has 1 aliphatic carbocycles. The molecule has 7 nitrogen and oxygen atoms in total. The van der Waals surface area contributed by atoms with Crippen molar-refractivity contribution in [2.45, 2.75) is 43.4 Å². The summed E-state index contributed by atoms with van der Waals surface area (Å²) in [7, 11) is -1.96. The first kappa shape index (κ1) is 20.6. The Labute approximate surface area is 186 Å². The van der Waals surface area contributed by atoms with Gasteiger partial charge in [0.05, 0.1) is 11.1 Å². The van der Waals surface area contributed by atoms with Gasteiger partial charge in [0, 0.05) is 54.5 Å². The SMILES string of the molecule is Cc1c(-c2cn(S(=O)(=O)c3ccccc3)c3ncc(C4CCC(=O)CC4)cc23)cnn1C. The van der Waals surface area contributed by atoms with E-state index in [0.717, 1.165) is 40.6 Å². The van der Waals surface area contributed by atoms with Crippen molar-refractivity contribution >= 4 is 26.8 Å². The van der Waals surface area contributed by atoms with Crippen LogP contribution in [-0.4, -0.2) is 32.9 Å². The summed E-state index contributed by atoms with van der Waals surface area (Å²) < 4.78 is 30.0. The van der Waals surface area contributed by atoms with E-state index in [9.17, 15) is 13.2 Å². The summed E-state index contributed by atoms with van der Waals surface area (Å²) in [5, 5.41) is 5.12. The molecular weight excluding hydrogens is 424 g/mol. The fourth-order valence-corrected chi connectivity index (χ4v) is 5.80. The molecule has 0 unspecified atom stereocenters. The highest BCUT2D eigenvalue weighted by Gasteiger charge is 2.26. The molecule has 0 amide bonds. The van der Waals surface area contributed by atoms with Gasteiger partial charge in [-0.05, 0) is 49.4 Å². The van der Waals surface area contributed by atoms with E-state index in [1.54, 1.807) is 53.6 Å². The van der Waals surface area contributed by atoms with Gasteiger partial charge in [-0.15, -0.1) is 0 Å². The van der Waals surface area contributed by atoms with E-state index in [0.29, 0.717) is 24.3 Å². The van der Waals surface area contributed by atoms with Gasteiger partial charge in [-0.3, -0.25) is 9.48 Å². The molecule has 0 saturated heterocycles. The van der Waals surface area contributed by atoms with E-state index < -0.39 is 10.0 Å². The normalized spacial score (nSPS) is 15.5. The Morgan fingerprint density at radius 3 is 2.41 bits per heavy atom. The number of ketones is 1. The zero-order chi connectivity index (χ0) is 22.5. The predicted molar refractivity (Wildman–Crippen MR) is 122 cm³/mol. The van der Waals surface area contributed by atoms with E-state index in [4.69, 9.17) is 0 Å². The van der Waals surface area contributed by atoms with Crippen molar-refractivity contribution < 1.29 is 13.2 Å². The second-order valence-electron chi connectivity index (χ2n) is 8.38. The molecule has 3 heterocycles. The zero-order valence-corrected chi connectivity index (χ0v) is 18.8. The maximum atomic E-state index is 13.5. The Kier molecular flexibility index (Phi) is 4.97. The fraction of sp³-hybridized carbons (Fsp3) is 0.292. The van der Waals surface area contributed by atoms with Gasteiger partial charge in [-0.25, -0.2) is 17.4 Å². The van der Waals surface area contributed by atoms with Crippen molar-refractivity contribution in [3.63, 3.8) is 0 Å². The Morgan fingerprint density at radius 1 is 1.03 bits per heavy atom. The number of carbonyl (C=O) groups is 1. The average Bonchev–Trinajstić information content (AvgIpc) is 3.35. The summed E-state index contributed by atoms with van der Waals surface area (Å²) in [5.74, 6) is 0.559. The number of aromatic nitrogens is 4. The number of carbonyl (C=O) groups excluding carboxylic acids is 1. The third-order valence-corrected chi connectivity index (χ3v) is 8.14. The van der Waals surface area contributed by atoms with E-state index in [1.807, 2.05) is 20.0 Å². The first-order chi connectivity index (χ1) is 15.4. The van der Waals surface area contributed by atoms with Crippen LogP contribution in [0.5, 0.6) is 0 Å². The molecule has 0 atom stereocenters. The topological polar surface area (TPSA) is 86.8 Å². The quantitative estimate of drug-likeness (QED) is 0.467. The average molecular weight is 449 g/mol. The monoisotopic (exact) mass is 448 g/mol. The molecule has 32 heavy (non-hydrogen) atoms. The molecule has 4 aromatic rings. The summed E-state index contributed by atoms with van der Waals surface area (Å²) in [6.07, 6.45) is 7.95. The number of rotatable bonds is 4. The third kappa shape index (κ3) is 3.35. The number of fused-ring (bicyclic) bond motifs is 1. The van der Waals surface area contributed by atoms with Gasteiger partial charge >= 0.3 is 0 Å². The molecule has 8 heteroatoms. The second kappa shape index (κ2) is 7.70. The van der Waals surface area contributed by atoms with Crippen LogP contribution in [0, 0.1) is 6.92 Å². The summed E-state index contributed by atoms with van der Waals surface area (Å²) in [4.78, 5) is 16.5. The van der Waals surface area contributed by atoms with Crippen LogP contribution < -0.4 is 0 Å². The number of hydrogen-bond acceptors (Lipinski definition) is 5. The highest BCUT2D eigenvalue weighted by molar-refractivity contribution is 7.90. The zero-order valence-electron chi connectivity index (χ0n) is 18.0. The van der Waals surface area contributed by atoms with Gasteiger partial charge < -0.3 is 0 Å². The largest absolute Gasteiger partial charge is 0.300 e. The van der Waals surface area contributed by atoms with Crippen molar-refractivity contribution in [1.29, 1.82) is 0 Å². The predicted octanol–water partition coefficient (Wildman–Crippen LogP) is 4.21. The van der Waals surface area contributed by atoms with E-state index >= 15 is 0 Å².